The summed E-state index contributed by atoms with van der Waals surface area (Å²) < 4.78 is 5.87. The minimum atomic E-state index is -1.10. The highest BCUT2D eigenvalue weighted by Crippen LogP contribution is 2.22. The number of rotatable bonds is 6. The van der Waals surface area contributed by atoms with Crippen molar-refractivity contribution in [2.24, 2.45) is 5.73 Å². The second-order valence-corrected chi connectivity index (χ2v) is 6.14. The molecule has 0 aliphatic carbocycles. The zero-order valence-corrected chi connectivity index (χ0v) is 14.1. The maximum absolute atomic E-state index is 12.2. The standard InChI is InChI=1S/C19H22N2O3/c1-13(14-7-5-4-6-8-14)24-16-11-9-15(10-12-16)17(22)21-19(2,3)18(20)23/h4-13H,1-3H3,(H2,20,23)(H,21,22). The van der Waals surface area contributed by atoms with Gasteiger partial charge in [0.1, 0.15) is 17.4 Å². The fourth-order valence-electron chi connectivity index (χ4n) is 2.10. The van der Waals surface area contributed by atoms with Gasteiger partial charge in [-0.15, -0.1) is 0 Å². The van der Waals surface area contributed by atoms with Gasteiger partial charge in [0.15, 0.2) is 0 Å². The maximum Gasteiger partial charge on any atom is 0.252 e. The van der Waals surface area contributed by atoms with Crippen LogP contribution in [0.3, 0.4) is 0 Å². The van der Waals surface area contributed by atoms with Crippen molar-refractivity contribution in [2.75, 3.05) is 0 Å². The van der Waals surface area contributed by atoms with E-state index in [9.17, 15) is 9.59 Å². The van der Waals surface area contributed by atoms with Crippen LogP contribution in [0.1, 0.15) is 42.8 Å². The number of benzene rings is 2. The Hall–Kier alpha value is -2.82. The molecular weight excluding hydrogens is 304 g/mol. The zero-order valence-electron chi connectivity index (χ0n) is 14.1. The Kier molecular flexibility index (Phi) is 5.24. The summed E-state index contributed by atoms with van der Waals surface area (Å²) in [4.78, 5) is 23.4. The highest BCUT2D eigenvalue weighted by atomic mass is 16.5. The Morgan fingerprint density at radius 2 is 1.62 bits per heavy atom. The van der Waals surface area contributed by atoms with E-state index in [1.165, 1.54) is 0 Å². The third-order valence-electron chi connectivity index (χ3n) is 3.74. The molecule has 2 aromatic rings. The Morgan fingerprint density at radius 3 is 2.17 bits per heavy atom. The second-order valence-electron chi connectivity index (χ2n) is 6.14. The van der Waals surface area contributed by atoms with Crippen molar-refractivity contribution in [3.05, 3.63) is 65.7 Å². The molecule has 0 fully saturated rings. The first kappa shape index (κ1) is 17.5. The number of carbonyl (C=O) groups is 2. The lowest BCUT2D eigenvalue weighted by molar-refractivity contribution is -0.122. The molecule has 0 spiro atoms. The summed E-state index contributed by atoms with van der Waals surface area (Å²) in [5, 5.41) is 2.60. The molecule has 3 N–H and O–H groups in total. The highest BCUT2D eigenvalue weighted by molar-refractivity contribution is 5.98. The number of primary amides is 1. The average Bonchev–Trinajstić information content (AvgIpc) is 2.55. The van der Waals surface area contributed by atoms with E-state index in [-0.39, 0.29) is 12.0 Å². The quantitative estimate of drug-likeness (QED) is 0.856. The first-order chi connectivity index (χ1) is 11.3. The minimum absolute atomic E-state index is 0.0975. The lowest BCUT2D eigenvalue weighted by Gasteiger charge is -2.22. The lowest BCUT2D eigenvalue weighted by atomic mass is 10.0. The van der Waals surface area contributed by atoms with Gasteiger partial charge in [-0.05, 0) is 50.6 Å². The normalized spacial score (nSPS) is 12.3. The lowest BCUT2D eigenvalue weighted by Crippen LogP contribution is -2.52. The van der Waals surface area contributed by atoms with Gasteiger partial charge in [-0.1, -0.05) is 30.3 Å². The number of hydrogen-bond acceptors (Lipinski definition) is 3. The number of hydrogen-bond donors (Lipinski definition) is 2. The Labute approximate surface area is 141 Å². The average molecular weight is 326 g/mol. The Morgan fingerprint density at radius 1 is 1.04 bits per heavy atom. The zero-order chi connectivity index (χ0) is 17.7. The summed E-state index contributed by atoms with van der Waals surface area (Å²) in [5.74, 6) is -0.286. The molecule has 5 heteroatoms. The van der Waals surface area contributed by atoms with Crippen molar-refractivity contribution in [1.82, 2.24) is 5.32 Å². The van der Waals surface area contributed by atoms with Gasteiger partial charge in [-0.3, -0.25) is 9.59 Å². The molecule has 126 valence electrons. The van der Waals surface area contributed by atoms with Gasteiger partial charge in [-0.2, -0.15) is 0 Å². The van der Waals surface area contributed by atoms with Gasteiger partial charge in [0.25, 0.3) is 5.91 Å². The number of nitrogens with one attached hydrogen (secondary N) is 1. The fourth-order valence-corrected chi connectivity index (χ4v) is 2.10. The van der Waals surface area contributed by atoms with Gasteiger partial charge in [0.05, 0.1) is 0 Å². The van der Waals surface area contributed by atoms with Crippen molar-refractivity contribution in [2.45, 2.75) is 32.4 Å². The van der Waals surface area contributed by atoms with E-state index in [4.69, 9.17) is 10.5 Å². The molecule has 5 nitrogen and oxygen atoms in total. The molecule has 0 aliphatic heterocycles. The van der Waals surface area contributed by atoms with Crippen LogP contribution < -0.4 is 15.8 Å². The van der Waals surface area contributed by atoms with E-state index in [0.29, 0.717) is 11.3 Å². The molecule has 0 aromatic heterocycles. The summed E-state index contributed by atoms with van der Waals surface area (Å²) in [7, 11) is 0. The van der Waals surface area contributed by atoms with E-state index < -0.39 is 11.4 Å². The van der Waals surface area contributed by atoms with Gasteiger partial charge in [0.2, 0.25) is 5.91 Å². The molecule has 2 amide bonds. The summed E-state index contributed by atoms with van der Waals surface area (Å²) in [6, 6.07) is 16.6. The SMILES string of the molecule is CC(Oc1ccc(C(=O)NC(C)(C)C(N)=O)cc1)c1ccccc1. The minimum Gasteiger partial charge on any atom is -0.486 e. The van der Waals surface area contributed by atoms with Gasteiger partial charge in [-0.25, -0.2) is 0 Å². The van der Waals surface area contributed by atoms with Crippen LogP contribution >= 0.6 is 0 Å². The summed E-state index contributed by atoms with van der Waals surface area (Å²) in [5.41, 5.74) is 5.66. The molecule has 2 aromatic carbocycles. The number of ether oxygens (including phenoxy) is 1. The van der Waals surface area contributed by atoms with Crippen LogP contribution in [0.15, 0.2) is 54.6 Å². The van der Waals surface area contributed by atoms with E-state index in [0.717, 1.165) is 5.56 Å². The molecule has 24 heavy (non-hydrogen) atoms. The number of nitrogens with two attached hydrogens (primary N) is 1. The summed E-state index contributed by atoms with van der Waals surface area (Å²) in [6.45, 7) is 5.09. The van der Waals surface area contributed by atoms with E-state index in [1.807, 2.05) is 37.3 Å². The highest BCUT2D eigenvalue weighted by Gasteiger charge is 2.27. The summed E-state index contributed by atoms with van der Waals surface area (Å²) in [6.07, 6.45) is -0.0975. The predicted octanol–water partition coefficient (Wildman–Crippen LogP) is 2.82. The molecule has 1 unspecified atom stereocenters. The van der Waals surface area contributed by atoms with Crippen LogP contribution in [0, 0.1) is 0 Å². The summed E-state index contributed by atoms with van der Waals surface area (Å²) >= 11 is 0. The van der Waals surface area contributed by atoms with Crippen molar-refractivity contribution < 1.29 is 14.3 Å². The van der Waals surface area contributed by atoms with Crippen LogP contribution in [-0.4, -0.2) is 17.4 Å². The second kappa shape index (κ2) is 7.17. The van der Waals surface area contributed by atoms with Crippen LogP contribution in [0.5, 0.6) is 5.75 Å². The van der Waals surface area contributed by atoms with E-state index >= 15 is 0 Å². The monoisotopic (exact) mass is 326 g/mol. The topological polar surface area (TPSA) is 81.4 Å². The molecule has 0 bridgehead atoms. The molecular formula is C19H22N2O3. The molecule has 0 aliphatic rings. The van der Waals surface area contributed by atoms with Crippen molar-refractivity contribution >= 4 is 11.8 Å². The van der Waals surface area contributed by atoms with Crippen LogP contribution in [0.25, 0.3) is 0 Å². The smallest absolute Gasteiger partial charge is 0.252 e. The molecule has 0 heterocycles. The predicted molar refractivity (Wildman–Crippen MR) is 92.7 cm³/mol. The third kappa shape index (κ3) is 4.35. The molecule has 0 saturated heterocycles. The largest absolute Gasteiger partial charge is 0.486 e. The van der Waals surface area contributed by atoms with Gasteiger partial charge in [0, 0.05) is 5.56 Å². The molecule has 0 saturated carbocycles. The Bertz CT molecular complexity index is 709. The Balaban J connectivity index is 2.03. The van der Waals surface area contributed by atoms with Crippen molar-refractivity contribution in [3.8, 4) is 5.75 Å². The van der Waals surface area contributed by atoms with Crippen LogP contribution in [0.2, 0.25) is 0 Å². The van der Waals surface area contributed by atoms with E-state index in [1.54, 1.807) is 38.1 Å². The first-order valence-electron chi connectivity index (χ1n) is 7.73. The van der Waals surface area contributed by atoms with Gasteiger partial charge < -0.3 is 15.8 Å². The van der Waals surface area contributed by atoms with Gasteiger partial charge >= 0.3 is 0 Å². The van der Waals surface area contributed by atoms with Crippen LogP contribution in [0.4, 0.5) is 0 Å². The maximum atomic E-state index is 12.2. The van der Waals surface area contributed by atoms with Crippen LogP contribution in [-0.2, 0) is 4.79 Å². The third-order valence-corrected chi connectivity index (χ3v) is 3.74. The fraction of sp³-hybridized carbons (Fsp3) is 0.263. The molecule has 2 rings (SSSR count). The molecule has 1 atom stereocenters. The first-order valence-corrected chi connectivity index (χ1v) is 7.73. The molecule has 0 radical (unpaired) electrons. The van der Waals surface area contributed by atoms with Crippen molar-refractivity contribution in [3.63, 3.8) is 0 Å². The number of carbonyl (C=O) groups excluding carboxylic acids is 2. The van der Waals surface area contributed by atoms with Crippen molar-refractivity contribution in [1.29, 1.82) is 0 Å². The number of amides is 2. The van der Waals surface area contributed by atoms with E-state index in [2.05, 4.69) is 5.32 Å².